The predicted molar refractivity (Wildman–Crippen MR) is 64.0 cm³/mol. The van der Waals surface area contributed by atoms with E-state index >= 15 is 0 Å². The summed E-state index contributed by atoms with van der Waals surface area (Å²) in [5.41, 5.74) is -0.569. The van der Waals surface area contributed by atoms with E-state index in [0.29, 0.717) is 0 Å². The van der Waals surface area contributed by atoms with Gasteiger partial charge in [0, 0.05) is 5.56 Å². The number of hydrogen-bond donors (Lipinski definition) is 0. The minimum atomic E-state index is -0.858. The van der Waals surface area contributed by atoms with Gasteiger partial charge in [0.15, 0.2) is 0 Å². The highest BCUT2D eigenvalue weighted by Gasteiger charge is 2.19. The molecule has 0 aromatic heterocycles. The van der Waals surface area contributed by atoms with Crippen molar-refractivity contribution in [1.29, 1.82) is 0 Å². The molecule has 0 aliphatic carbocycles. The molecule has 0 heterocycles. The van der Waals surface area contributed by atoms with Gasteiger partial charge >= 0.3 is 5.97 Å². The molecule has 0 aliphatic rings. The van der Waals surface area contributed by atoms with Gasteiger partial charge in [-0.25, -0.2) is 4.79 Å². The predicted octanol–water partition coefficient (Wildman–Crippen LogP) is 2.88. The van der Waals surface area contributed by atoms with Crippen molar-refractivity contribution < 1.29 is 24.4 Å². The molecule has 0 bridgehead atoms. The van der Waals surface area contributed by atoms with E-state index in [9.17, 15) is 9.59 Å². The van der Waals surface area contributed by atoms with Crippen molar-refractivity contribution in [2.24, 2.45) is 0 Å². The lowest BCUT2D eigenvalue weighted by Crippen LogP contribution is -2.21. The summed E-state index contributed by atoms with van der Waals surface area (Å²) >= 11 is 5.34. The molecule has 98 valence electrons. The Balaban J connectivity index is 2.70. The Kier molecular flexibility index (Phi) is 4.84. The Morgan fingerprint density at radius 1 is 1.11 bits per heavy atom. The van der Waals surface area contributed by atoms with Crippen LogP contribution in [0.3, 0.4) is 0 Å². The summed E-state index contributed by atoms with van der Waals surface area (Å²) in [6, 6.07) is 5.97. The zero-order chi connectivity index (χ0) is 13.8. The summed E-state index contributed by atoms with van der Waals surface area (Å²) in [7, 11) is 0. The van der Waals surface area contributed by atoms with Crippen LogP contribution < -0.4 is 0 Å². The average Bonchev–Trinajstić information content (AvgIpc) is 2.27. The zero-order valence-electron chi connectivity index (χ0n) is 10.2. The van der Waals surface area contributed by atoms with Gasteiger partial charge < -0.3 is 0 Å². The maximum atomic E-state index is 11.6. The molecule has 5 nitrogen and oxygen atoms in total. The molecule has 0 fully saturated rings. The second kappa shape index (κ2) is 5.95. The van der Waals surface area contributed by atoms with Crippen LogP contribution in [-0.4, -0.2) is 16.8 Å². The van der Waals surface area contributed by atoms with Crippen molar-refractivity contribution in [2.45, 2.75) is 26.4 Å². The largest absolute Gasteiger partial charge is 0.377 e. The first-order valence-electron chi connectivity index (χ1n) is 5.17. The van der Waals surface area contributed by atoms with Crippen LogP contribution in [0.25, 0.3) is 0 Å². The molecule has 0 spiro atoms. The molecule has 0 saturated carbocycles. The third kappa shape index (κ3) is 4.44. The normalized spacial score (nSPS) is 11.1. The van der Waals surface area contributed by atoms with Crippen LogP contribution in [0.2, 0.25) is 0 Å². The van der Waals surface area contributed by atoms with Crippen LogP contribution in [0.4, 0.5) is 0 Å². The molecule has 6 heteroatoms. The molecule has 0 amide bonds. The van der Waals surface area contributed by atoms with E-state index in [1.54, 1.807) is 32.9 Å². The van der Waals surface area contributed by atoms with Gasteiger partial charge in [-0.15, -0.1) is 0 Å². The molecule has 0 unspecified atom stereocenters. The average molecular weight is 273 g/mol. The molecule has 1 rings (SSSR count). The highest BCUT2D eigenvalue weighted by molar-refractivity contribution is 6.68. The Morgan fingerprint density at radius 2 is 1.67 bits per heavy atom. The molecule has 0 aliphatic heterocycles. The van der Waals surface area contributed by atoms with Crippen molar-refractivity contribution in [3.05, 3.63) is 35.4 Å². The molecule has 0 N–H and O–H groups in total. The Labute approximate surface area is 109 Å². The summed E-state index contributed by atoms with van der Waals surface area (Å²) in [4.78, 5) is 31.9. The molecule has 0 radical (unpaired) electrons. The fourth-order valence-corrected chi connectivity index (χ4v) is 1.19. The number of rotatable bonds is 4. The molecule has 0 saturated heterocycles. The fourth-order valence-electron chi connectivity index (χ4n) is 1.03. The van der Waals surface area contributed by atoms with Gasteiger partial charge in [0.1, 0.15) is 0 Å². The maximum absolute atomic E-state index is 11.6. The lowest BCUT2D eigenvalue weighted by molar-refractivity contribution is -0.510. The quantitative estimate of drug-likeness (QED) is 0.479. The number of benzene rings is 1. The second-order valence-corrected chi connectivity index (χ2v) is 4.80. The number of carbonyl (C=O) groups is 2. The smallest absolute Gasteiger partial charge is 0.276 e. The SMILES string of the molecule is CC(C)(C)OOOC(=O)c1ccccc1C(=O)Cl. The molecular weight excluding hydrogens is 260 g/mol. The number of hydrogen-bond acceptors (Lipinski definition) is 5. The molecule has 18 heavy (non-hydrogen) atoms. The first-order valence-corrected chi connectivity index (χ1v) is 5.54. The topological polar surface area (TPSA) is 61.8 Å². The summed E-state index contributed by atoms with van der Waals surface area (Å²) in [6.07, 6.45) is 0. The van der Waals surface area contributed by atoms with Crippen LogP contribution in [-0.2, 0) is 14.8 Å². The monoisotopic (exact) mass is 272 g/mol. The third-order valence-electron chi connectivity index (χ3n) is 1.75. The van der Waals surface area contributed by atoms with Gasteiger partial charge in [-0.1, -0.05) is 12.1 Å². The number of carbonyl (C=O) groups excluding carboxylic acids is 2. The minimum Gasteiger partial charge on any atom is -0.276 e. The summed E-state index contributed by atoms with van der Waals surface area (Å²) in [5, 5.41) is 3.59. The van der Waals surface area contributed by atoms with Crippen molar-refractivity contribution in [1.82, 2.24) is 0 Å². The van der Waals surface area contributed by atoms with E-state index in [1.807, 2.05) is 0 Å². The maximum Gasteiger partial charge on any atom is 0.377 e. The molecule has 1 aromatic carbocycles. The van der Waals surface area contributed by atoms with Crippen LogP contribution in [0.5, 0.6) is 0 Å². The van der Waals surface area contributed by atoms with Gasteiger partial charge in [0.25, 0.3) is 5.24 Å². The molecule has 1 aromatic rings. The Bertz CT molecular complexity index is 450. The van der Waals surface area contributed by atoms with E-state index in [0.717, 1.165) is 0 Å². The minimum absolute atomic E-state index is 0.00927. The van der Waals surface area contributed by atoms with E-state index in [-0.39, 0.29) is 11.1 Å². The highest BCUT2D eigenvalue weighted by atomic mass is 35.5. The molecule has 0 atom stereocenters. The van der Waals surface area contributed by atoms with Crippen molar-refractivity contribution in [3.8, 4) is 0 Å². The van der Waals surface area contributed by atoms with Gasteiger partial charge in [0.05, 0.1) is 11.2 Å². The first kappa shape index (κ1) is 14.6. The van der Waals surface area contributed by atoms with E-state index in [4.69, 9.17) is 16.5 Å². The lowest BCUT2D eigenvalue weighted by atomic mass is 10.1. The standard InChI is InChI=1S/C12H13ClO5/c1-12(2,3)17-18-16-11(15)9-7-5-4-6-8(9)10(13)14/h4-7H,1-3H3. The molecular formula is C12H13ClO5. The van der Waals surface area contributed by atoms with Crippen molar-refractivity contribution in [2.75, 3.05) is 0 Å². The fraction of sp³-hybridized carbons (Fsp3) is 0.333. The van der Waals surface area contributed by atoms with Gasteiger partial charge in [0.2, 0.25) is 0 Å². The number of halogens is 1. The van der Waals surface area contributed by atoms with E-state index in [1.165, 1.54) is 12.1 Å². The van der Waals surface area contributed by atoms with Crippen molar-refractivity contribution >= 4 is 22.8 Å². The highest BCUT2D eigenvalue weighted by Crippen LogP contribution is 2.14. The second-order valence-electron chi connectivity index (χ2n) is 4.45. The Morgan fingerprint density at radius 3 is 2.17 bits per heavy atom. The van der Waals surface area contributed by atoms with Gasteiger partial charge in [-0.05, 0) is 49.5 Å². The summed E-state index contributed by atoms with van der Waals surface area (Å²) in [5.74, 6) is -0.858. The van der Waals surface area contributed by atoms with Crippen molar-refractivity contribution in [3.63, 3.8) is 0 Å². The van der Waals surface area contributed by atoms with Crippen LogP contribution in [0.15, 0.2) is 24.3 Å². The van der Waals surface area contributed by atoms with Crippen LogP contribution >= 0.6 is 11.6 Å². The lowest BCUT2D eigenvalue weighted by Gasteiger charge is -2.15. The zero-order valence-corrected chi connectivity index (χ0v) is 11.0. The van der Waals surface area contributed by atoms with Crippen LogP contribution in [0, 0.1) is 0 Å². The first-order chi connectivity index (χ1) is 8.31. The third-order valence-corrected chi connectivity index (χ3v) is 1.96. The van der Waals surface area contributed by atoms with Gasteiger partial charge in [-0.3, -0.25) is 9.68 Å². The van der Waals surface area contributed by atoms with Crippen LogP contribution in [0.1, 0.15) is 41.5 Å². The summed E-state index contributed by atoms with van der Waals surface area (Å²) < 4.78 is 0. The van der Waals surface area contributed by atoms with E-state index < -0.39 is 16.8 Å². The van der Waals surface area contributed by atoms with Gasteiger partial charge in [-0.2, -0.15) is 4.89 Å². The summed E-state index contributed by atoms with van der Waals surface area (Å²) in [6.45, 7) is 5.16. The van der Waals surface area contributed by atoms with E-state index in [2.05, 4.69) is 9.93 Å². The Hall–Kier alpha value is -1.43.